The van der Waals surface area contributed by atoms with Crippen LogP contribution in [0.1, 0.15) is 38.9 Å². The number of H-pyrrole nitrogens is 1. The van der Waals surface area contributed by atoms with Gasteiger partial charge in [-0.2, -0.15) is 0 Å². The summed E-state index contributed by atoms with van der Waals surface area (Å²) in [5, 5.41) is 20.5. The number of carboxylic acids is 1. The Kier molecular flexibility index (Phi) is 5.47. The number of benzene rings is 2. The Bertz CT molecular complexity index is 1490. The number of aryl methyl sites for hydroxylation is 1. The minimum atomic E-state index is -1.31. The van der Waals surface area contributed by atoms with E-state index in [-0.39, 0.29) is 34.5 Å². The standard InChI is InChI=1S/C24H20FN3O5/c1-2-12-5-6-18-15(8-12)20(14-4-3-7-27-23(14)31)21(24(32)33)28(18)11-13-9-16(22(26)30)19(29)10-17(13)25/h3-10,29H,2,11H2,1H3,(H2,26,30)(H,27,31)(H,32,33). The van der Waals surface area contributed by atoms with Gasteiger partial charge in [0.1, 0.15) is 17.3 Å². The number of aromatic hydroxyl groups is 1. The first-order valence-corrected chi connectivity index (χ1v) is 10.1. The molecular weight excluding hydrogens is 429 g/mol. The number of aromatic carboxylic acids is 1. The van der Waals surface area contributed by atoms with Crippen molar-refractivity contribution < 1.29 is 24.2 Å². The fourth-order valence-corrected chi connectivity index (χ4v) is 4.00. The van der Waals surface area contributed by atoms with Crippen molar-refractivity contribution in [3.8, 4) is 16.9 Å². The van der Waals surface area contributed by atoms with Gasteiger partial charge in [0.25, 0.3) is 11.5 Å². The first-order valence-electron chi connectivity index (χ1n) is 10.1. The number of fused-ring (bicyclic) bond motifs is 1. The second-order valence-electron chi connectivity index (χ2n) is 7.56. The van der Waals surface area contributed by atoms with Crippen molar-refractivity contribution in [1.82, 2.24) is 9.55 Å². The van der Waals surface area contributed by atoms with Crippen LogP contribution in [-0.2, 0) is 13.0 Å². The van der Waals surface area contributed by atoms with Crippen molar-refractivity contribution in [3.05, 3.63) is 87.2 Å². The summed E-state index contributed by atoms with van der Waals surface area (Å²) < 4.78 is 16.1. The van der Waals surface area contributed by atoms with Crippen LogP contribution in [0.4, 0.5) is 4.39 Å². The molecule has 0 fully saturated rings. The van der Waals surface area contributed by atoms with E-state index in [1.807, 2.05) is 19.1 Å². The summed E-state index contributed by atoms with van der Waals surface area (Å²) in [7, 11) is 0. The van der Waals surface area contributed by atoms with Crippen LogP contribution in [0.5, 0.6) is 5.75 Å². The molecule has 0 aliphatic heterocycles. The maximum absolute atomic E-state index is 14.7. The van der Waals surface area contributed by atoms with Gasteiger partial charge in [-0.25, -0.2) is 9.18 Å². The van der Waals surface area contributed by atoms with Crippen LogP contribution in [0.2, 0.25) is 0 Å². The number of hydrogen-bond acceptors (Lipinski definition) is 4. The van der Waals surface area contributed by atoms with Gasteiger partial charge in [0.2, 0.25) is 0 Å². The SMILES string of the molecule is CCc1ccc2c(c1)c(-c1ccc[nH]c1=O)c(C(=O)O)n2Cc1cc(C(N)=O)c(O)cc1F. The van der Waals surface area contributed by atoms with Gasteiger partial charge in [-0.1, -0.05) is 13.0 Å². The minimum Gasteiger partial charge on any atom is -0.507 e. The number of nitrogens with zero attached hydrogens (tertiary/aromatic N) is 1. The van der Waals surface area contributed by atoms with Gasteiger partial charge in [0.15, 0.2) is 0 Å². The third kappa shape index (κ3) is 3.73. The van der Waals surface area contributed by atoms with E-state index in [4.69, 9.17) is 5.73 Å². The second-order valence-corrected chi connectivity index (χ2v) is 7.56. The molecule has 168 valence electrons. The average molecular weight is 449 g/mol. The van der Waals surface area contributed by atoms with E-state index in [0.29, 0.717) is 17.3 Å². The molecule has 0 spiro atoms. The fraction of sp³-hybridized carbons (Fsp3) is 0.125. The zero-order chi connectivity index (χ0) is 23.9. The van der Waals surface area contributed by atoms with Crippen LogP contribution in [0.25, 0.3) is 22.0 Å². The van der Waals surface area contributed by atoms with E-state index in [1.54, 1.807) is 12.1 Å². The Morgan fingerprint density at radius 2 is 1.94 bits per heavy atom. The number of pyridine rings is 1. The summed E-state index contributed by atoms with van der Waals surface area (Å²) in [4.78, 5) is 39.2. The summed E-state index contributed by atoms with van der Waals surface area (Å²) in [6.45, 7) is 1.67. The molecule has 5 N–H and O–H groups in total. The fourth-order valence-electron chi connectivity index (χ4n) is 4.00. The van der Waals surface area contributed by atoms with E-state index in [9.17, 15) is 29.0 Å². The number of carboxylic acid groups (broad SMARTS) is 1. The van der Waals surface area contributed by atoms with Crippen molar-refractivity contribution in [1.29, 1.82) is 0 Å². The number of nitrogens with one attached hydrogen (secondary N) is 1. The number of aromatic nitrogens is 2. The van der Waals surface area contributed by atoms with Crippen molar-refractivity contribution in [2.24, 2.45) is 5.73 Å². The van der Waals surface area contributed by atoms with Gasteiger partial charge in [0, 0.05) is 39.9 Å². The number of carbonyl (C=O) groups excluding carboxylic acids is 1. The molecule has 9 heteroatoms. The molecule has 1 amide bonds. The number of primary amides is 1. The van der Waals surface area contributed by atoms with Crippen LogP contribution in [-0.4, -0.2) is 31.6 Å². The highest BCUT2D eigenvalue weighted by atomic mass is 19.1. The molecule has 0 unspecified atom stereocenters. The highest BCUT2D eigenvalue weighted by molar-refractivity contribution is 6.08. The largest absolute Gasteiger partial charge is 0.507 e. The molecule has 2 heterocycles. The third-order valence-electron chi connectivity index (χ3n) is 5.58. The van der Waals surface area contributed by atoms with Crippen LogP contribution < -0.4 is 11.3 Å². The van der Waals surface area contributed by atoms with E-state index >= 15 is 0 Å². The topological polar surface area (TPSA) is 138 Å². The molecule has 2 aromatic heterocycles. The van der Waals surface area contributed by atoms with Crippen LogP contribution >= 0.6 is 0 Å². The van der Waals surface area contributed by atoms with Crippen molar-refractivity contribution >= 4 is 22.8 Å². The Morgan fingerprint density at radius 3 is 2.58 bits per heavy atom. The zero-order valence-electron chi connectivity index (χ0n) is 17.6. The number of hydrogen-bond donors (Lipinski definition) is 4. The second kappa shape index (κ2) is 8.27. The van der Waals surface area contributed by atoms with Crippen LogP contribution in [0, 0.1) is 5.82 Å². The van der Waals surface area contributed by atoms with Gasteiger partial charge in [-0.05, 0) is 42.3 Å². The van der Waals surface area contributed by atoms with Gasteiger partial charge in [0.05, 0.1) is 12.1 Å². The van der Waals surface area contributed by atoms with Crippen LogP contribution in [0.3, 0.4) is 0 Å². The number of carbonyl (C=O) groups is 2. The quantitative estimate of drug-likeness (QED) is 0.358. The third-order valence-corrected chi connectivity index (χ3v) is 5.58. The van der Waals surface area contributed by atoms with Crippen molar-refractivity contribution in [2.75, 3.05) is 0 Å². The van der Waals surface area contributed by atoms with Crippen molar-refractivity contribution in [3.63, 3.8) is 0 Å². The first kappa shape index (κ1) is 21.8. The summed E-state index contributed by atoms with van der Waals surface area (Å²) in [5.74, 6) is -3.70. The van der Waals surface area contributed by atoms with Gasteiger partial charge in [-0.15, -0.1) is 0 Å². The lowest BCUT2D eigenvalue weighted by Crippen LogP contribution is -2.15. The zero-order valence-corrected chi connectivity index (χ0v) is 17.6. The van der Waals surface area contributed by atoms with Gasteiger partial charge in [-0.3, -0.25) is 9.59 Å². The molecular formula is C24H20FN3O5. The van der Waals surface area contributed by atoms with E-state index < -0.39 is 29.0 Å². The molecule has 33 heavy (non-hydrogen) atoms. The number of amides is 1. The number of rotatable bonds is 6. The molecule has 0 bridgehead atoms. The number of aromatic amines is 1. The van der Waals surface area contributed by atoms with E-state index in [2.05, 4.69) is 4.98 Å². The molecule has 2 aromatic carbocycles. The Hall–Kier alpha value is -4.40. The number of phenols is 1. The average Bonchev–Trinajstić information content (AvgIpc) is 3.09. The predicted molar refractivity (Wildman–Crippen MR) is 120 cm³/mol. The predicted octanol–water partition coefficient (Wildman–Crippen LogP) is 3.25. The number of nitrogens with two attached hydrogens (primary N) is 1. The molecule has 8 nitrogen and oxygen atoms in total. The summed E-state index contributed by atoms with van der Waals surface area (Å²) in [6.07, 6.45) is 2.13. The summed E-state index contributed by atoms with van der Waals surface area (Å²) in [5.41, 5.74) is 6.03. The van der Waals surface area contributed by atoms with Gasteiger partial charge < -0.3 is 25.5 Å². The normalized spacial score (nSPS) is 11.1. The minimum absolute atomic E-state index is 0.0471. The first-order chi connectivity index (χ1) is 15.7. The lowest BCUT2D eigenvalue weighted by Gasteiger charge is -2.12. The highest BCUT2D eigenvalue weighted by Crippen LogP contribution is 2.35. The van der Waals surface area contributed by atoms with Crippen molar-refractivity contribution in [2.45, 2.75) is 19.9 Å². The molecule has 0 aliphatic rings. The molecule has 0 saturated carbocycles. The molecule has 0 aliphatic carbocycles. The summed E-state index contributed by atoms with van der Waals surface area (Å²) in [6, 6.07) is 10.3. The monoisotopic (exact) mass is 449 g/mol. The Morgan fingerprint density at radius 1 is 1.18 bits per heavy atom. The maximum atomic E-state index is 14.7. The molecule has 0 atom stereocenters. The van der Waals surface area contributed by atoms with Gasteiger partial charge >= 0.3 is 5.97 Å². The van der Waals surface area contributed by atoms with Crippen LogP contribution in [0.15, 0.2) is 53.5 Å². The van der Waals surface area contributed by atoms with E-state index in [1.165, 1.54) is 16.8 Å². The molecule has 0 radical (unpaired) electrons. The lowest BCUT2D eigenvalue weighted by molar-refractivity contribution is 0.0686. The summed E-state index contributed by atoms with van der Waals surface area (Å²) >= 11 is 0. The lowest BCUT2D eigenvalue weighted by atomic mass is 10.0. The maximum Gasteiger partial charge on any atom is 0.353 e. The smallest absolute Gasteiger partial charge is 0.353 e. The molecule has 0 saturated heterocycles. The highest BCUT2D eigenvalue weighted by Gasteiger charge is 2.26. The van der Waals surface area contributed by atoms with E-state index in [0.717, 1.165) is 17.7 Å². The Balaban J connectivity index is 2.06. The Labute approximate surface area is 186 Å². The molecule has 4 aromatic rings. The molecule has 4 rings (SSSR count). The number of halogens is 1.